The largest absolute Gasteiger partial charge is 0.409 e. The number of oxime groups is 1. The van der Waals surface area contributed by atoms with Gasteiger partial charge in [-0.2, -0.15) is 0 Å². The number of benzene rings is 2. The first-order valence-electron chi connectivity index (χ1n) is 6.58. The van der Waals surface area contributed by atoms with Crippen molar-refractivity contribution in [3.8, 4) is 0 Å². The van der Waals surface area contributed by atoms with Gasteiger partial charge in [-0.05, 0) is 47.9 Å². The molecule has 0 aliphatic heterocycles. The molecule has 0 saturated carbocycles. The Hall–Kier alpha value is -1.75. The van der Waals surface area contributed by atoms with E-state index >= 15 is 0 Å². The van der Waals surface area contributed by atoms with Gasteiger partial charge in [-0.1, -0.05) is 33.2 Å². The predicted molar refractivity (Wildman–Crippen MR) is 87.4 cm³/mol. The Bertz CT molecular complexity index is 613. The van der Waals surface area contributed by atoms with Gasteiger partial charge in [-0.3, -0.25) is 0 Å². The van der Waals surface area contributed by atoms with Crippen molar-refractivity contribution in [2.24, 2.45) is 10.9 Å². The van der Waals surface area contributed by atoms with Crippen LogP contribution in [0.3, 0.4) is 0 Å². The standard InChI is InChI=1S/C15H18BrN3O/c16-13-6-4-12-10-14(7-5-11(12)9-13)18-8-2-1-3-15(17)19-20/h4-7,9-10,18,20H,1-3,8H2,(H2,17,19). The molecule has 0 aliphatic rings. The first kappa shape index (κ1) is 14.7. The van der Waals surface area contributed by atoms with Gasteiger partial charge >= 0.3 is 0 Å². The van der Waals surface area contributed by atoms with E-state index < -0.39 is 0 Å². The zero-order valence-corrected chi connectivity index (χ0v) is 12.7. The fourth-order valence-electron chi connectivity index (χ4n) is 2.04. The Kier molecular flexibility index (Phi) is 5.24. The molecule has 20 heavy (non-hydrogen) atoms. The van der Waals surface area contributed by atoms with E-state index in [1.165, 1.54) is 10.8 Å². The molecule has 0 saturated heterocycles. The van der Waals surface area contributed by atoms with Crippen LogP contribution in [0.5, 0.6) is 0 Å². The molecule has 0 amide bonds. The Morgan fingerprint density at radius 2 is 1.90 bits per heavy atom. The quantitative estimate of drug-likeness (QED) is 0.246. The Balaban J connectivity index is 1.86. The van der Waals surface area contributed by atoms with Crippen LogP contribution in [0.4, 0.5) is 5.69 Å². The van der Waals surface area contributed by atoms with Gasteiger partial charge in [0.2, 0.25) is 0 Å². The molecule has 0 fully saturated rings. The number of nitrogens with zero attached hydrogens (tertiary/aromatic N) is 1. The van der Waals surface area contributed by atoms with Gasteiger partial charge in [0.15, 0.2) is 0 Å². The van der Waals surface area contributed by atoms with E-state index in [0.29, 0.717) is 12.3 Å². The summed E-state index contributed by atoms with van der Waals surface area (Å²) in [7, 11) is 0. The summed E-state index contributed by atoms with van der Waals surface area (Å²) >= 11 is 3.47. The van der Waals surface area contributed by atoms with Crippen LogP contribution < -0.4 is 11.1 Å². The molecule has 0 aliphatic carbocycles. The Labute approximate surface area is 126 Å². The zero-order chi connectivity index (χ0) is 14.4. The lowest BCUT2D eigenvalue weighted by atomic mass is 10.1. The molecule has 0 aromatic heterocycles. The number of fused-ring (bicyclic) bond motifs is 1. The highest BCUT2D eigenvalue weighted by Crippen LogP contribution is 2.22. The van der Waals surface area contributed by atoms with Crippen molar-refractivity contribution in [2.75, 3.05) is 11.9 Å². The molecule has 4 N–H and O–H groups in total. The fourth-order valence-corrected chi connectivity index (χ4v) is 2.42. The summed E-state index contributed by atoms with van der Waals surface area (Å²) in [5.74, 6) is 0.293. The average molecular weight is 336 g/mol. The lowest BCUT2D eigenvalue weighted by Crippen LogP contribution is -2.11. The van der Waals surface area contributed by atoms with Crippen molar-refractivity contribution in [2.45, 2.75) is 19.3 Å². The Morgan fingerprint density at radius 1 is 1.15 bits per heavy atom. The molecule has 0 atom stereocenters. The van der Waals surface area contributed by atoms with Crippen molar-refractivity contribution in [1.82, 2.24) is 0 Å². The molecule has 5 heteroatoms. The molecule has 0 radical (unpaired) electrons. The normalized spacial score (nSPS) is 11.8. The second-order valence-electron chi connectivity index (χ2n) is 4.68. The topological polar surface area (TPSA) is 70.6 Å². The number of hydrogen-bond donors (Lipinski definition) is 3. The second kappa shape index (κ2) is 7.14. The zero-order valence-electron chi connectivity index (χ0n) is 11.1. The number of hydrogen-bond acceptors (Lipinski definition) is 3. The van der Waals surface area contributed by atoms with Crippen LogP contribution in [0.15, 0.2) is 46.0 Å². The van der Waals surface area contributed by atoms with Crippen LogP contribution in [0.2, 0.25) is 0 Å². The summed E-state index contributed by atoms with van der Waals surface area (Å²) in [4.78, 5) is 0. The van der Waals surface area contributed by atoms with E-state index in [4.69, 9.17) is 10.9 Å². The van der Waals surface area contributed by atoms with Crippen LogP contribution in [0.25, 0.3) is 10.8 Å². The molecule has 0 unspecified atom stereocenters. The third-order valence-corrected chi connectivity index (χ3v) is 3.61. The maximum Gasteiger partial charge on any atom is 0.139 e. The van der Waals surface area contributed by atoms with Gasteiger partial charge in [-0.15, -0.1) is 0 Å². The second-order valence-corrected chi connectivity index (χ2v) is 5.60. The van der Waals surface area contributed by atoms with Crippen LogP contribution in [-0.4, -0.2) is 17.6 Å². The first-order chi connectivity index (χ1) is 9.69. The lowest BCUT2D eigenvalue weighted by Gasteiger charge is -2.08. The van der Waals surface area contributed by atoms with E-state index in [-0.39, 0.29) is 0 Å². The fraction of sp³-hybridized carbons (Fsp3) is 0.267. The van der Waals surface area contributed by atoms with Crippen molar-refractivity contribution in [3.05, 3.63) is 40.9 Å². The van der Waals surface area contributed by atoms with Crippen molar-refractivity contribution in [1.29, 1.82) is 0 Å². The molecule has 0 bridgehead atoms. The Morgan fingerprint density at radius 3 is 2.70 bits per heavy atom. The van der Waals surface area contributed by atoms with Gasteiger partial charge in [-0.25, -0.2) is 0 Å². The highest BCUT2D eigenvalue weighted by Gasteiger charge is 1.98. The van der Waals surface area contributed by atoms with Gasteiger partial charge < -0.3 is 16.3 Å². The molecule has 2 aromatic rings. The SMILES string of the molecule is N/C(CCCCNc1ccc2cc(Br)ccc2c1)=N/O. The molecule has 0 spiro atoms. The van der Waals surface area contributed by atoms with Gasteiger partial charge in [0.25, 0.3) is 0 Å². The van der Waals surface area contributed by atoms with E-state index in [1.54, 1.807) is 0 Å². The van der Waals surface area contributed by atoms with Crippen molar-refractivity contribution < 1.29 is 5.21 Å². The number of anilines is 1. The van der Waals surface area contributed by atoms with Crippen molar-refractivity contribution in [3.63, 3.8) is 0 Å². The van der Waals surface area contributed by atoms with Gasteiger partial charge in [0.05, 0.1) is 0 Å². The van der Waals surface area contributed by atoms with Crippen LogP contribution in [0.1, 0.15) is 19.3 Å². The summed E-state index contributed by atoms with van der Waals surface area (Å²) in [5, 5.41) is 17.2. The first-order valence-corrected chi connectivity index (χ1v) is 7.38. The van der Waals surface area contributed by atoms with Crippen LogP contribution in [0, 0.1) is 0 Å². The highest BCUT2D eigenvalue weighted by molar-refractivity contribution is 9.10. The maximum atomic E-state index is 8.43. The minimum Gasteiger partial charge on any atom is -0.409 e. The van der Waals surface area contributed by atoms with Crippen LogP contribution >= 0.6 is 15.9 Å². The molecular weight excluding hydrogens is 318 g/mol. The molecule has 0 heterocycles. The average Bonchev–Trinajstić information content (AvgIpc) is 2.46. The van der Waals surface area contributed by atoms with E-state index in [2.05, 4.69) is 56.7 Å². The molecule has 2 aromatic carbocycles. The molecular formula is C15H18BrN3O. The molecule has 4 nitrogen and oxygen atoms in total. The summed E-state index contributed by atoms with van der Waals surface area (Å²) < 4.78 is 1.09. The van der Waals surface area contributed by atoms with E-state index in [0.717, 1.165) is 29.5 Å². The van der Waals surface area contributed by atoms with E-state index in [1.807, 2.05) is 6.07 Å². The number of nitrogens with one attached hydrogen (secondary N) is 1. The maximum absolute atomic E-state index is 8.43. The lowest BCUT2D eigenvalue weighted by molar-refractivity contribution is 0.316. The van der Waals surface area contributed by atoms with Gasteiger partial charge in [0.1, 0.15) is 5.84 Å². The minimum absolute atomic E-state index is 0.293. The van der Waals surface area contributed by atoms with Crippen LogP contribution in [-0.2, 0) is 0 Å². The summed E-state index contributed by atoms with van der Waals surface area (Å²) in [6.07, 6.45) is 2.52. The summed E-state index contributed by atoms with van der Waals surface area (Å²) in [6.45, 7) is 0.876. The minimum atomic E-state index is 0.293. The number of halogens is 1. The molecule has 2 rings (SSSR count). The molecule has 106 valence electrons. The third kappa shape index (κ3) is 4.13. The highest BCUT2D eigenvalue weighted by atomic mass is 79.9. The smallest absolute Gasteiger partial charge is 0.139 e. The number of nitrogens with two attached hydrogens (primary N) is 1. The predicted octanol–water partition coefficient (Wildman–Crippen LogP) is 3.93. The summed E-state index contributed by atoms with van der Waals surface area (Å²) in [5.41, 5.74) is 6.53. The van der Waals surface area contributed by atoms with Crippen molar-refractivity contribution >= 4 is 38.2 Å². The summed E-state index contributed by atoms with van der Waals surface area (Å²) in [6, 6.07) is 12.6. The number of amidine groups is 1. The number of rotatable bonds is 6. The van der Waals surface area contributed by atoms with E-state index in [9.17, 15) is 0 Å². The van der Waals surface area contributed by atoms with Gasteiger partial charge in [0, 0.05) is 23.1 Å². The monoisotopic (exact) mass is 335 g/mol. The third-order valence-electron chi connectivity index (χ3n) is 3.12. The number of unbranched alkanes of at least 4 members (excludes halogenated alkanes) is 1.